The quantitative estimate of drug-likeness (QED) is 0.744. The van der Waals surface area contributed by atoms with Gasteiger partial charge in [0.1, 0.15) is 0 Å². The van der Waals surface area contributed by atoms with Gasteiger partial charge in [-0.15, -0.1) is 0 Å². The molecule has 0 atom stereocenters. The zero-order valence-corrected chi connectivity index (χ0v) is 7.85. The summed E-state index contributed by atoms with van der Waals surface area (Å²) in [6, 6.07) is 0. The van der Waals surface area contributed by atoms with Crippen LogP contribution in [0, 0.1) is 3.57 Å². The molecule has 12 heavy (non-hydrogen) atoms. The van der Waals surface area contributed by atoms with Crippen LogP contribution in [0.15, 0.2) is 12.4 Å². The Morgan fingerprint density at radius 1 is 1.33 bits per heavy atom. The minimum Gasteiger partial charge on any atom is -0.397 e. The highest BCUT2D eigenvalue weighted by Crippen LogP contribution is 2.34. The van der Waals surface area contributed by atoms with Crippen molar-refractivity contribution in [1.29, 1.82) is 0 Å². The van der Waals surface area contributed by atoms with E-state index in [2.05, 4.69) is 4.98 Å². The van der Waals surface area contributed by atoms with E-state index in [1.165, 1.54) is 6.20 Å². The van der Waals surface area contributed by atoms with Gasteiger partial charge >= 0.3 is 6.18 Å². The predicted octanol–water partition coefficient (Wildman–Crippen LogP) is 2.29. The van der Waals surface area contributed by atoms with Crippen LogP contribution in [0.25, 0.3) is 0 Å². The van der Waals surface area contributed by atoms with Gasteiger partial charge in [0, 0.05) is 12.4 Å². The Balaban J connectivity index is 3.26. The average Bonchev–Trinajstić information content (AvgIpc) is 1.92. The lowest BCUT2D eigenvalue weighted by Gasteiger charge is -2.09. The number of rotatable bonds is 0. The molecule has 2 N–H and O–H groups in total. The Hall–Kier alpha value is -0.530. The van der Waals surface area contributed by atoms with E-state index >= 15 is 0 Å². The first kappa shape index (κ1) is 9.56. The van der Waals surface area contributed by atoms with Gasteiger partial charge in [0.15, 0.2) is 0 Å². The van der Waals surface area contributed by atoms with Crippen molar-refractivity contribution in [3.63, 3.8) is 0 Å². The molecule has 1 rings (SSSR count). The summed E-state index contributed by atoms with van der Waals surface area (Å²) in [5.74, 6) is 0. The number of anilines is 1. The maximum atomic E-state index is 12.1. The van der Waals surface area contributed by atoms with E-state index in [-0.39, 0.29) is 5.69 Å². The summed E-state index contributed by atoms with van der Waals surface area (Å²) in [5.41, 5.74) is 4.06. The molecule has 0 spiro atoms. The maximum Gasteiger partial charge on any atom is 0.419 e. The van der Waals surface area contributed by atoms with E-state index in [4.69, 9.17) is 5.73 Å². The number of nitrogens with zero attached hydrogens (tertiary/aromatic N) is 1. The van der Waals surface area contributed by atoms with E-state index < -0.39 is 11.7 Å². The second-order valence-corrected chi connectivity index (χ2v) is 3.24. The topological polar surface area (TPSA) is 38.9 Å². The molecule has 1 aromatic rings. The number of aromatic nitrogens is 1. The van der Waals surface area contributed by atoms with Gasteiger partial charge in [-0.3, -0.25) is 4.98 Å². The Bertz CT molecular complexity index is 297. The third-order valence-electron chi connectivity index (χ3n) is 1.24. The van der Waals surface area contributed by atoms with Crippen LogP contribution in [-0.4, -0.2) is 4.98 Å². The summed E-state index contributed by atoms with van der Waals surface area (Å²) in [6.07, 6.45) is -2.42. The van der Waals surface area contributed by atoms with Crippen molar-refractivity contribution < 1.29 is 13.2 Å². The molecule has 2 nitrogen and oxygen atoms in total. The fourth-order valence-electron chi connectivity index (χ4n) is 0.671. The van der Waals surface area contributed by atoms with Crippen molar-refractivity contribution in [2.24, 2.45) is 0 Å². The lowest BCUT2D eigenvalue weighted by atomic mass is 10.2. The van der Waals surface area contributed by atoms with Crippen molar-refractivity contribution >= 4 is 28.3 Å². The molecule has 0 amide bonds. The molecule has 0 bridgehead atoms. The van der Waals surface area contributed by atoms with Crippen LogP contribution >= 0.6 is 22.6 Å². The van der Waals surface area contributed by atoms with E-state index in [9.17, 15) is 13.2 Å². The molecular weight excluding hydrogens is 284 g/mol. The molecule has 66 valence electrons. The van der Waals surface area contributed by atoms with Gasteiger partial charge in [-0.05, 0) is 22.6 Å². The second-order valence-electron chi connectivity index (χ2n) is 2.08. The van der Waals surface area contributed by atoms with Crippen molar-refractivity contribution in [1.82, 2.24) is 4.98 Å². The normalized spacial score (nSPS) is 11.7. The van der Waals surface area contributed by atoms with Crippen LogP contribution in [0.1, 0.15) is 5.56 Å². The summed E-state index contributed by atoms with van der Waals surface area (Å²) in [4.78, 5) is 3.40. The summed E-state index contributed by atoms with van der Waals surface area (Å²) < 4.78 is 36.6. The molecule has 0 aliphatic carbocycles. The monoisotopic (exact) mass is 288 g/mol. The molecule has 0 saturated heterocycles. The summed E-state index contributed by atoms with van der Waals surface area (Å²) in [6.45, 7) is 0. The average molecular weight is 288 g/mol. The van der Waals surface area contributed by atoms with Crippen LogP contribution in [0.3, 0.4) is 0 Å². The van der Waals surface area contributed by atoms with Gasteiger partial charge in [0.25, 0.3) is 0 Å². The summed E-state index contributed by atoms with van der Waals surface area (Å²) in [7, 11) is 0. The van der Waals surface area contributed by atoms with Crippen molar-refractivity contribution in [3.05, 3.63) is 21.5 Å². The van der Waals surface area contributed by atoms with Crippen LogP contribution < -0.4 is 5.73 Å². The third-order valence-corrected chi connectivity index (χ3v) is 2.10. The fraction of sp³-hybridized carbons (Fsp3) is 0.167. The number of halogens is 4. The number of nitrogen functional groups attached to an aromatic ring is 1. The summed E-state index contributed by atoms with van der Waals surface area (Å²) in [5, 5.41) is 0. The molecule has 0 unspecified atom stereocenters. The lowest BCUT2D eigenvalue weighted by molar-refractivity contribution is -0.137. The molecule has 0 fully saturated rings. The molecule has 0 aliphatic heterocycles. The number of pyridine rings is 1. The Labute approximate surface area is 80.1 Å². The van der Waals surface area contributed by atoms with E-state index in [0.29, 0.717) is 3.57 Å². The van der Waals surface area contributed by atoms with Crippen molar-refractivity contribution in [2.45, 2.75) is 6.18 Å². The molecule has 0 saturated carbocycles. The molecule has 6 heteroatoms. The second kappa shape index (κ2) is 3.08. The zero-order valence-electron chi connectivity index (χ0n) is 5.69. The number of nitrogens with two attached hydrogens (primary N) is 1. The highest BCUT2D eigenvalue weighted by atomic mass is 127. The van der Waals surface area contributed by atoms with Gasteiger partial charge in [0.05, 0.1) is 14.8 Å². The van der Waals surface area contributed by atoms with Gasteiger partial charge < -0.3 is 5.73 Å². The number of hydrogen-bond donors (Lipinski definition) is 1. The first-order valence-electron chi connectivity index (χ1n) is 2.89. The molecular formula is C6H4F3IN2. The van der Waals surface area contributed by atoms with Gasteiger partial charge in [-0.1, -0.05) is 0 Å². The first-order valence-corrected chi connectivity index (χ1v) is 3.97. The van der Waals surface area contributed by atoms with E-state index in [1.54, 1.807) is 22.6 Å². The van der Waals surface area contributed by atoms with Crippen molar-refractivity contribution in [2.75, 3.05) is 5.73 Å². The van der Waals surface area contributed by atoms with Gasteiger partial charge in [-0.2, -0.15) is 13.2 Å². The van der Waals surface area contributed by atoms with Crippen LogP contribution in [-0.2, 0) is 6.18 Å². The standard InChI is InChI=1S/C6H4F3IN2/c7-6(8,9)3-1-12-2-4(10)5(3)11/h1-2H,(H2,11,12). The predicted molar refractivity (Wildman–Crippen MR) is 46.4 cm³/mol. The Morgan fingerprint density at radius 3 is 2.33 bits per heavy atom. The molecule has 1 heterocycles. The van der Waals surface area contributed by atoms with Crippen LogP contribution in [0.2, 0.25) is 0 Å². The smallest absolute Gasteiger partial charge is 0.397 e. The minimum atomic E-state index is -4.42. The minimum absolute atomic E-state index is 0.266. The van der Waals surface area contributed by atoms with Crippen molar-refractivity contribution in [3.8, 4) is 0 Å². The first-order chi connectivity index (χ1) is 5.43. The van der Waals surface area contributed by atoms with Gasteiger partial charge in [0.2, 0.25) is 0 Å². The lowest BCUT2D eigenvalue weighted by Crippen LogP contribution is -2.10. The van der Waals surface area contributed by atoms with Gasteiger partial charge in [-0.25, -0.2) is 0 Å². The Kier molecular flexibility index (Phi) is 2.45. The van der Waals surface area contributed by atoms with E-state index in [0.717, 1.165) is 6.20 Å². The highest BCUT2D eigenvalue weighted by molar-refractivity contribution is 14.1. The van der Waals surface area contributed by atoms with Crippen LogP contribution in [0.5, 0.6) is 0 Å². The fourth-order valence-corrected chi connectivity index (χ4v) is 1.12. The number of alkyl halides is 3. The molecule has 0 aromatic carbocycles. The Morgan fingerprint density at radius 2 is 1.92 bits per heavy atom. The molecule has 0 radical (unpaired) electrons. The van der Waals surface area contributed by atoms with Crippen LogP contribution in [0.4, 0.5) is 18.9 Å². The maximum absolute atomic E-state index is 12.1. The largest absolute Gasteiger partial charge is 0.419 e. The molecule has 1 aromatic heterocycles. The van der Waals surface area contributed by atoms with E-state index in [1.807, 2.05) is 0 Å². The highest BCUT2D eigenvalue weighted by Gasteiger charge is 2.33. The third kappa shape index (κ3) is 1.79. The zero-order chi connectivity index (χ0) is 9.35. The SMILES string of the molecule is Nc1c(I)cncc1C(F)(F)F. The summed E-state index contributed by atoms with van der Waals surface area (Å²) >= 11 is 1.70. The molecule has 0 aliphatic rings. The number of hydrogen-bond acceptors (Lipinski definition) is 2.